The Bertz CT molecular complexity index is 571. The van der Waals surface area contributed by atoms with Gasteiger partial charge in [0.15, 0.2) is 0 Å². The van der Waals surface area contributed by atoms with E-state index in [1.165, 1.54) is 0 Å². The number of benzene rings is 1. The molecule has 0 atom stereocenters. The Labute approximate surface area is 126 Å². The lowest BCUT2D eigenvalue weighted by Gasteiger charge is -2.21. The zero-order valence-electron chi connectivity index (χ0n) is 11.9. The summed E-state index contributed by atoms with van der Waals surface area (Å²) in [5.74, 6) is 0. The van der Waals surface area contributed by atoms with Gasteiger partial charge in [0.05, 0.1) is 4.90 Å². The summed E-state index contributed by atoms with van der Waals surface area (Å²) in [4.78, 5) is 0.294. The number of nitrogens with zero attached hydrogens (tertiary/aromatic N) is 1. The minimum Gasteiger partial charge on any atom is -0.316 e. The summed E-state index contributed by atoms with van der Waals surface area (Å²) < 4.78 is 27.0. The lowest BCUT2D eigenvalue weighted by atomic mass is 10.2. The molecule has 1 aromatic carbocycles. The second-order valence-electron chi connectivity index (χ2n) is 5.13. The average Bonchev–Trinajstić information content (AvgIpc) is 3.22. The normalized spacial score (nSPS) is 15.8. The topological polar surface area (TPSA) is 49.4 Å². The minimum absolute atomic E-state index is 0.177. The zero-order valence-corrected chi connectivity index (χ0v) is 13.5. The van der Waals surface area contributed by atoms with E-state index in [2.05, 4.69) is 5.32 Å². The van der Waals surface area contributed by atoms with Gasteiger partial charge in [0.2, 0.25) is 10.0 Å². The molecular weight excluding hydrogens is 296 g/mol. The predicted molar refractivity (Wildman–Crippen MR) is 81.4 cm³/mol. The molecule has 6 heteroatoms. The van der Waals surface area contributed by atoms with E-state index < -0.39 is 10.0 Å². The van der Waals surface area contributed by atoms with Gasteiger partial charge in [0, 0.05) is 24.2 Å². The first-order valence-corrected chi connectivity index (χ1v) is 8.77. The van der Waals surface area contributed by atoms with Gasteiger partial charge < -0.3 is 5.32 Å². The van der Waals surface area contributed by atoms with Crippen LogP contribution in [0.25, 0.3) is 0 Å². The molecule has 0 spiro atoms. The van der Waals surface area contributed by atoms with Crippen LogP contribution in [0.1, 0.15) is 31.7 Å². The van der Waals surface area contributed by atoms with Gasteiger partial charge in [-0.3, -0.25) is 0 Å². The summed E-state index contributed by atoms with van der Waals surface area (Å²) in [6, 6.07) is 5.17. The number of halogens is 1. The average molecular weight is 317 g/mol. The maximum atomic E-state index is 12.7. The largest absolute Gasteiger partial charge is 0.316 e. The molecule has 0 aromatic heterocycles. The Morgan fingerprint density at radius 2 is 2.10 bits per heavy atom. The van der Waals surface area contributed by atoms with Crippen molar-refractivity contribution in [2.24, 2.45) is 0 Å². The summed E-state index contributed by atoms with van der Waals surface area (Å²) in [6.45, 7) is 3.19. The summed E-state index contributed by atoms with van der Waals surface area (Å²) in [6.07, 6.45) is 2.75. The fourth-order valence-corrected chi connectivity index (χ4v) is 4.36. The van der Waals surface area contributed by atoms with E-state index in [9.17, 15) is 8.42 Å². The Balaban J connectivity index is 2.30. The van der Waals surface area contributed by atoms with Crippen molar-refractivity contribution in [3.63, 3.8) is 0 Å². The molecule has 0 radical (unpaired) electrons. The Morgan fingerprint density at radius 3 is 2.60 bits per heavy atom. The maximum Gasteiger partial charge on any atom is 0.243 e. The van der Waals surface area contributed by atoms with Crippen LogP contribution < -0.4 is 5.32 Å². The van der Waals surface area contributed by atoms with E-state index in [-0.39, 0.29) is 6.04 Å². The van der Waals surface area contributed by atoms with Crippen molar-refractivity contribution in [3.8, 4) is 0 Å². The van der Waals surface area contributed by atoms with Crippen LogP contribution in [0.3, 0.4) is 0 Å². The van der Waals surface area contributed by atoms with Crippen LogP contribution >= 0.6 is 11.6 Å². The minimum atomic E-state index is -3.43. The highest BCUT2D eigenvalue weighted by Gasteiger charge is 2.37. The summed E-state index contributed by atoms with van der Waals surface area (Å²) in [7, 11) is -1.60. The molecule has 0 saturated heterocycles. The highest BCUT2D eigenvalue weighted by atomic mass is 35.5. The molecule has 4 nitrogen and oxygen atoms in total. The summed E-state index contributed by atoms with van der Waals surface area (Å²) in [5.41, 5.74) is 0.904. The van der Waals surface area contributed by atoms with Crippen LogP contribution in [0.5, 0.6) is 0 Å². The maximum absolute atomic E-state index is 12.7. The molecule has 1 fully saturated rings. The number of hydrogen-bond acceptors (Lipinski definition) is 3. The van der Waals surface area contributed by atoms with Gasteiger partial charge in [-0.1, -0.05) is 24.6 Å². The van der Waals surface area contributed by atoms with Gasteiger partial charge in [-0.2, -0.15) is 4.31 Å². The molecule has 1 aliphatic rings. The van der Waals surface area contributed by atoms with Crippen molar-refractivity contribution >= 4 is 21.6 Å². The van der Waals surface area contributed by atoms with Crippen molar-refractivity contribution in [1.82, 2.24) is 9.62 Å². The third-order valence-corrected chi connectivity index (χ3v) is 5.70. The highest BCUT2D eigenvalue weighted by molar-refractivity contribution is 7.89. The van der Waals surface area contributed by atoms with E-state index in [4.69, 9.17) is 11.6 Å². The van der Waals surface area contributed by atoms with Crippen LogP contribution in [0, 0.1) is 0 Å². The van der Waals surface area contributed by atoms with Crippen LogP contribution in [-0.4, -0.2) is 32.4 Å². The van der Waals surface area contributed by atoms with E-state index >= 15 is 0 Å². The summed E-state index contributed by atoms with van der Waals surface area (Å²) in [5, 5.41) is 3.50. The Hall–Kier alpha value is -0.620. The highest BCUT2D eigenvalue weighted by Crippen LogP contribution is 2.33. The fraction of sp³-hybridized carbons (Fsp3) is 0.571. The molecule has 0 unspecified atom stereocenters. The molecule has 0 heterocycles. The molecule has 20 heavy (non-hydrogen) atoms. The molecule has 2 rings (SSSR count). The van der Waals surface area contributed by atoms with E-state index in [1.54, 1.807) is 22.5 Å². The lowest BCUT2D eigenvalue weighted by Crippen LogP contribution is -2.33. The molecule has 112 valence electrons. The Morgan fingerprint density at radius 1 is 1.40 bits per heavy atom. The quantitative estimate of drug-likeness (QED) is 0.841. The SMILES string of the molecule is CCCN(C1CC1)S(=O)(=O)c1ccc(CNC)c(Cl)c1. The number of nitrogens with one attached hydrogen (secondary N) is 1. The monoisotopic (exact) mass is 316 g/mol. The first-order chi connectivity index (χ1) is 9.50. The van der Waals surface area contributed by atoms with Crippen LogP contribution in [0.15, 0.2) is 23.1 Å². The molecule has 0 amide bonds. The van der Waals surface area contributed by atoms with E-state index in [0.29, 0.717) is 23.0 Å². The molecule has 1 aliphatic carbocycles. The Kier molecular flexibility index (Phi) is 5.07. The summed E-state index contributed by atoms with van der Waals surface area (Å²) >= 11 is 6.17. The van der Waals surface area contributed by atoms with Crippen LogP contribution in [-0.2, 0) is 16.6 Å². The van der Waals surface area contributed by atoms with Gasteiger partial charge in [0.1, 0.15) is 0 Å². The standard InChI is InChI=1S/C14H21ClN2O2S/c1-3-8-17(12-5-6-12)20(18,19)13-7-4-11(10-16-2)14(15)9-13/h4,7,9,12,16H,3,5-6,8,10H2,1-2H3. The molecular formula is C14H21ClN2O2S. The molecule has 1 N–H and O–H groups in total. The molecule has 0 aliphatic heterocycles. The number of rotatable bonds is 7. The number of sulfonamides is 1. The van der Waals surface area contributed by atoms with Crippen molar-refractivity contribution in [2.75, 3.05) is 13.6 Å². The first-order valence-electron chi connectivity index (χ1n) is 6.95. The first kappa shape index (κ1) is 15.8. The van der Waals surface area contributed by atoms with Crippen LogP contribution in [0.4, 0.5) is 0 Å². The van der Waals surface area contributed by atoms with Crippen molar-refractivity contribution < 1.29 is 8.42 Å². The van der Waals surface area contributed by atoms with Gasteiger partial charge in [0.25, 0.3) is 0 Å². The lowest BCUT2D eigenvalue weighted by molar-refractivity contribution is 0.403. The molecule has 1 aromatic rings. The predicted octanol–water partition coefficient (Wildman–Crippen LogP) is 2.62. The van der Waals surface area contributed by atoms with E-state index in [1.807, 2.05) is 14.0 Å². The van der Waals surface area contributed by atoms with Gasteiger partial charge in [-0.25, -0.2) is 8.42 Å². The third kappa shape index (κ3) is 3.34. The van der Waals surface area contributed by atoms with Crippen molar-refractivity contribution in [2.45, 2.75) is 43.7 Å². The third-order valence-electron chi connectivity index (χ3n) is 3.40. The zero-order chi connectivity index (χ0) is 14.8. The molecule has 0 bridgehead atoms. The molecule has 1 saturated carbocycles. The van der Waals surface area contributed by atoms with Crippen molar-refractivity contribution in [3.05, 3.63) is 28.8 Å². The second kappa shape index (κ2) is 6.43. The second-order valence-corrected chi connectivity index (χ2v) is 7.43. The van der Waals surface area contributed by atoms with Gasteiger partial charge in [-0.15, -0.1) is 0 Å². The number of hydrogen-bond donors (Lipinski definition) is 1. The van der Waals surface area contributed by atoms with Gasteiger partial charge in [-0.05, 0) is 44.0 Å². The smallest absolute Gasteiger partial charge is 0.243 e. The van der Waals surface area contributed by atoms with E-state index in [0.717, 1.165) is 24.8 Å². The van der Waals surface area contributed by atoms with Crippen molar-refractivity contribution in [1.29, 1.82) is 0 Å². The fourth-order valence-electron chi connectivity index (χ4n) is 2.24. The van der Waals surface area contributed by atoms with Crippen LogP contribution in [0.2, 0.25) is 5.02 Å². The van der Waals surface area contributed by atoms with Gasteiger partial charge >= 0.3 is 0 Å².